The third-order valence-corrected chi connectivity index (χ3v) is 4.38. The maximum absolute atomic E-state index is 13.5. The predicted molar refractivity (Wildman–Crippen MR) is 77.9 cm³/mol. The Balaban J connectivity index is 1.90. The molecule has 20 heavy (non-hydrogen) atoms. The zero-order valence-electron chi connectivity index (χ0n) is 12.2. The molecule has 0 radical (unpaired) electrons. The van der Waals surface area contributed by atoms with Crippen LogP contribution in [-0.2, 0) is 11.2 Å². The van der Waals surface area contributed by atoms with E-state index in [9.17, 15) is 9.18 Å². The van der Waals surface area contributed by atoms with Crippen LogP contribution in [0, 0.1) is 17.2 Å². The first kappa shape index (κ1) is 15.0. The van der Waals surface area contributed by atoms with Gasteiger partial charge in [-0.1, -0.05) is 32.0 Å². The van der Waals surface area contributed by atoms with Gasteiger partial charge >= 0.3 is 0 Å². The van der Waals surface area contributed by atoms with Gasteiger partial charge in [0.15, 0.2) is 0 Å². The second-order valence-corrected chi connectivity index (χ2v) is 5.83. The summed E-state index contributed by atoms with van der Waals surface area (Å²) in [5, 5.41) is 6.25. The van der Waals surface area contributed by atoms with Gasteiger partial charge < -0.3 is 10.6 Å². The van der Waals surface area contributed by atoms with Crippen LogP contribution in [0.1, 0.15) is 25.8 Å². The fourth-order valence-corrected chi connectivity index (χ4v) is 2.85. The second-order valence-electron chi connectivity index (χ2n) is 5.83. The molecular weight excluding hydrogens is 255 g/mol. The van der Waals surface area contributed by atoms with Gasteiger partial charge in [0.25, 0.3) is 0 Å². The first-order valence-electron chi connectivity index (χ1n) is 7.29. The number of halogens is 1. The lowest BCUT2D eigenvalue weighted by Crippen LogP contribution is -2.46. The van der Waals surface area contributed by atoms with Crippen molar-refractivity contribution in [1.82, 2.24) is 10.6 Å². The number of hydrogen-bond donors (Lipinski definition) is 2. The molecule has 4 heteroatoms. The zero-order valence-corrected chi connectivity index (χ0v) is 12.2. The Morgan fingerprint density at radius 3 is 2.80 bits per heavy atom. The number of hydrogen-bond acceptors (Lipinski definition) is 2. The Kier molecular flexibility index (Phi) is 4.76. The van der Waals surface area contributed by atoms with E-state index >= 15 is 0 Å². The van der Waals surface area contributed by atoms with Crippen molar-refractivity contribution >= 4 is 5.91 Å². The van der Waals surface area contributed by atoms with Gasteiger partial charge in [-0.15, -0.1) is 0 Å². The number of amides is 1. The molecule has 1 amide bonds. The van der Waals surface area contributed by atoms with Gasteiger partial charge in [0.1, 0.15) is 5.82 Å². The van der Waals surface area contributed by atoms with Crippen LogP contribution in [0.15, 0.2) is 24.3 Å². The topological polar surface area (TPSA) is 41.1 Å². The molecule has 0 aliphatic carbocycles. The standard InChI is InChI=1S/C16H23FN2O/c1-12(2)16(8-10-18-11-16)15(20)19-9-7-13-5-3-4-6-14(13)17/h3-6,12,18H,7-11H2,1-2H3,(H,19,20). The fraction of sp³-hybridized carbons (Fsp3) is 0.562. The van der Waals surface area contributed by atoms with Crippen LogP contribution in [0.5, 0.6) is 0 Å². The van der Waals surface area contributed by atoms with Gasteiger partial charge in [0, 0.05) is 13.1 Å². The van der Waals surface area contributed by atoms with E-state index in [0.717, 1.165) is 19.5 Å². The Labute approximate surface area is 120 Å². The summed E-state index contributed by atoms with van der Waals surface area (Å²) in [5.74, 6) is 0.183. The number of rotatable bonds is 5. The Morgan fingerprint density at radius 2 is 2.20 bits per heavy atom. The third kappa shape index (κ3) is 3.01. The lowest BCUT2D eigenvalue weighted by molar-refractivity contribution is -0.132. The molecule has 0 bridgehead atoms. The highest BCUT2D eigenvalue weighted by Gasteiger charge is 2.43. The van der Waals surface area contributed by atoms with Crippen LogP contribution in [-0.4, -0.2) is 25.5 Å². The maximum Gasteiger partial charge on any atom is 0.227 e. The summed E-state index contributed by atoms with van der Waals surface area (Å²) in [6, 6.07) is 6.70. The molecule has 1 aliphatic rings. The second kappa shape index (κ2) is 6.35. The normalized spacial score (nSPS) is 22.2. The van der Waals surface area contributed by atoms with Crippen molar-refractivity contribution in [3.8, 4) is 0 Å². The van der Waals surface area contributed by atoms with Crippen molar-refractivity contribution in [2.45, 2.75) is 26.7 Å². The quantitative estimate of drug-likeness (QED) is 0.866. The summed E-state index contributed by atoms with van der Waals surface area (Å²) in [5.41, 5.74) is 0.339. The van der Waals surface area contributed by atoms with E-state index in [4.69, 9.17) is 0 Å². The number of carbonyl (C=O) groups excluding carboxylic acids is 1. The molecule has 2 N–H and O–H groups in total. The number of benzene rings is 1. The van der Waals surface area contributed by atoms with Crippen molar-refractivity contribution < 1.29 is 9.18 Å². The van der Waals surface area contributed by atoms with Gasteiger partial charge in [0.05, 0.1) is 5.41 Å². The van der Waals surface area contributed by atoms with Crippen molar-refractivity contribution in [3.63, 3.8) is 0 Å². The van der Waals surface area contributed by atoms with Gasteiger partial charge in [-0.25, -0.2) is 4.39 Å². The predicted octanol–water partition coefficient (Wildman–Crippen LogP) is 2.12. The van der Waals surface area contributed by atoms with Crippen LogP contribution in [0.25, 0.3) is 0 Å². The van der Waals surface area contributed by atoms with Crippen LogP contribution >= 0.6 is 0 Å². The van der Waals surface area contributed by atoms with E-state index in [-0.39, 0.29) is 17.1 Å². The summed E-state index contributed by atoms with van der Waals surface area (Å²) < 4.78 is 13.5. The summed E-state index contributed by atoms with van der Waals surface area (Å²) in [6.45, 7) is 6.27. The molecule has 0 aromatic heterocycles. The molecule has 1 fully saturated rings. The average Bonchev–Trinajstić information content (AvgIpc) is 2.91. The molecule has 1 saturated heterocycles. The molecule has 2 rings (SSSR count). The van der Waals surface area contributed by atoms with Gasteiger partial charge in [-0.2, -0.15) is 0 Å². The highest BCUT2D eigenvalue weighted by Crippen LogP contribution is 2.34. The van der Waals surface area contributed by atoms with Crippen molar-refractivity contribution in [3.05, 3.63) is 35.6 Å². The molecule has 3 nitrogen and oxygen atoms in total. The minimum Gasteiger partial charge on any atom is -0.355 e. The van der Waals surface area contributed by atoms with Crippen LogP contribution < -0.4 is 10.6 Å². The maximum atomic E-state index is 13.5. The van der Waals surface area contributed by atoms with Gasteiger partial charge in [-0.05, 0) is 36.9 Å². The fourth-order valence-electron chi connectivity index (χ4n) is 2.85. The van der Waals surface area contributed by atoms with E-state index in [0.29, 0.717) is 24.4 Å². The minimum absolute atomic E-state index is 0.0915. The van der Waals surface area contributed by atoms with E-state index in [2.05, 4.69) is 24.5 Å². The highest BCUT2D eigenvalue weighted by atomic mass is 19.1. The highest BCUT2D eigenvalue weighted by molar-refractivity contribution is 5.83. The van der Waals surface area contributed by atoms with E-state index < -0.39 is 0 Å². The molecule has 1 aromatic rings. The molecule has 110 valence electrons. The smallest absolute Gasteiger partial charge is 0.227 e. The molecule has 1 heterocycles. The lowest BCUT2D eigenvalue weighted by atomic mass is 9.75. The largest absolute Gasteiger partial charge is 0.355 e. The monoisotopic (exact) mass is 278 g/mol. The van der Waals surface area contributed by atoms with Crippen molar-refractivity contribution in [2.75, 3.05) is 19.6 Å². The zero-order chi connectivity index (χ0) is 14.6. The minimum atomic E-state index is -0.310. The first-order valence-corrected chi connectivity index (χ1v) is 7.29. The SMILES string of the molecule is CC(C)C1(C(=O)NCCc2ccccc2F)CCNC1. The van der Waals surface area contributed by atoms with E-state index in [1.165, 1.54) is 6.07 Å². The summed E-state index contributed by atoms with van der Waals surface area (Å²) >= 11 is 0. The third-order valence-electron chi connectivity index (χ3n) is 4.38. The Hall–Kier alpha value is -1.42. The van der Waals surface area contributed by atoms with Gasteiger partial charge in [0.2, 0.25) is 5.91 Å². The van der Waals surface area contributed by atoms with Crippen LogP contribution in [0.2, 0.25) is 0 Å². The number of carbonyl (C=O) groups is 1. The average molecular weight is 278 g/mol. The molecular formula is C16H23FN2O. The Morgan fingerprint density at radius 1 is 1.45 bits per heavy atom. The number of nitrogens with one attached hydrogen (secondary N) is 2. The summed E-state index contributed by atoms with van der Waals surface area (Å²) in [6.07, 6.45) is 1.40. The molecule has 1 aromatic carbocycles. The molecule has 0 spiro atoms. The molecule has 1 atom stereocenters. The molecule has 1 unspecified atom stereocenters. The van der Waals surface area contributed by atoms with Gasteiger partial charge in [-0.3, -0.25) is 4.79 Å². The van der Waals surface area contributed by atoms with Crippen molar-refractivity contribution in [1.29, 1.82) is 0 Å². The van der Waals surface area contributed by atoms with Crippen molar-refractivity contribution in [2.24, 2.45) is 11.3 Å². The first-order chi connectivity index (χ1) is 9.56. The van der Waals surface area contributed by atoms with E-state index in [1.807, 2.05) is 6.07 Å². The van der Waals surface area contributed by atoms with E-state index in [1.54, 1.807) is 12.1 Å². The lowest BCUT2D eigenvalue weighted by Gasteiger charge is -2.31. The van der Waals surface area contributed by atoms with Crippen LogP contribution in [0.4, 0.5) is 4.39 Å². The van der Waals surface area contributed by atoms with Crippen LogP contribution in [0.3, 0.4) is 0 Å². The molecule has 0 saturated carbocycles. The summed E-state index contributed by atoms with van der Waals surface area (Å²) in [7, 11) is 0. The molecule has 1 aliphatic heterocycles. The summed E-state index contributed by atoms with van der Waals surface area (Å²) in [4.78, 5) is 12.4. The Bertz CT molecular complexity index is 467.